The zero-order chi connectivity index (χ0) is 13.1. The van der Waals surface area contributed by atoms with Gasteiger partial charge in [-0.05, 0) is 58.6 Å². The molecule has 3 nitrogen and oxygen atoms in total. The van der Waals surface area contributed by atoms with Crippen molar-refractivity contribution in [2.45, 2.75) is 38.3 Å². The molecule has 1 aromatic heterocycles. The first-order valence-electron chi connectivity index (χ1n) is 6.29. The molecule has 18 heavy (non-hydrogen) atoms. The minimum absolute atomic E-state index is 0.178. The third-order valence-electron chi connectivity index (χ3n) is 3.54. The Morgan fingerprint density at radius 3 is 2.72 bits per heavy atom. The Morgan fingerprint density at radius 2 is 2.17 bits per heavy atom. The lowest BCUT2D eigenvalue weighted by Gasteiger charge is -2.28. The maximum absolute atomic E-state index is 12.3. The van der Waals surface area contributed by atoms with Gasteiger partial charge in [-0.3, -0.25) is 4.79 Å². The summed E-state index contributed by atoms with van der Waals surface area (Å²) in [6.45, 7) is 0.698. The fourth-order valence-corrected chi connectivity index (χ4v) is 3.66. The van der Waals surface area contributed by atoms with Gasteiger partial charge in [0, 0.05) is 25.6 Å². The van der Waals surface area contributed by atoms with Gasteiger partial charge in [0.1, 0.15) is 0 Å². The van der Waals surface area contributed by atoms with Crippen molar-refractivity contribution >= 4 is 33.2 Å². The summed E-state index contributed by atoms with van der Waals surface area (Å²) in [6.07, 6.45) is 3.85. The van der Waals surface area contributed by atoms with E-state index < -0.39 is 0 Å². The van der Waals surface area contributed by atoms with E-state index in [1.54, 1.807) is 11.3 Å². The lowest BCUT2D eigenvalue weighted by molar-refractivity contribution is -0.135. The third kappa shape index (κ3) is 3.56. The Bertz CT molecular complexity index is 413. The number of halogens is 1. The first-order valence-corrected chi connectivity index (χ1v) is 7.97. The molecule has 1 saturated carbocycles. The molecule has 0 bridgehead atoms. The van der Waals surface area contributed by atoms with Gasteiger partial charge in [0.2, 0.25) is 5.91 Å². The predicted molar refractivity (Wildman–Crippen MR) is 78.4 cm³/mol. The van der Waals surface area contributed by atoms with Crippen molar-refractivity contribution in [3.63, 3.8) is 0 Å². The van der Waals surface area contributed by atoms with Crippen LogP contribution in [-0.2, 0) is 11.3 Å². The lowest BCUT2D eigenvalue weighted by atomic mass is 9.85. The van der Waals surface area contributed by atoms with Gasteiger partial charge in [-0.25, -0.2) is 0 Å². The molecular formula is C13H19BrN2OS. The molecule has 1 amide bonds. The normalized spacial score (nSPS) is 23.9. The molecule has 0 radical (unpaired) electrons. The minimum atomic E-state index is 0.178. The zero-order valence-electron chi connectivity index (χ0n) is 10.6. The standard InChI is InChI=1S/C13H19BrN2OS/c1-16(7-9-6-12(14)18-8-9)13(17)10-2-4-11(15)5-3-10/h6,8,10-11H,2-5,7,15H2,1H3. The van der Waals surface area contributed by atoms with E-state index in [2.05, 4.69) is 27.4 Å². The van der Waals surface area contributed by atoms with Crippen molar-refractivity contribution in [1.29, 1.82) is 0 Å². The molecule has 2 rings (SSSR count). The molecule has 0 aliphatic heterocycles. The third-order valence-corrected chi connectivity index (χ3v) is 5.09. The van der Waals surface area contributed by atoms with E-state index in [1.807, 2.05) is 11.9 Å². The van der Waals surface area contributed by atoms with Crippen molar-refractivity contribution in [1.82, 2.24) is 4.90 Å². The van der Waals surface area contributed by atoms with E-state index in [-0.39, 0.29) is 11.8 Å². The Hall–Kier alpha value is -0.390. The molecule has 1 aliphatic carbocycles. The van der Waals surface area contributed by atoms with Crippen LogP contribution in [0.15, 0.2) is 15.2 Å². The van der Waals surface area contributed by atoms with Gasteiger partial charge in [-0.2, -0.15) is 0 Å². The lowest BCUT2D eigenvalue weighted by Crippen LogP contribution is -2.37. The minimum Gasteiger partial charge on any atom is -0.341 e. The molecule has 0 saturated heterocycles. The van der Waals surface area contributed by atoms with Crippen molar-refractivity contribution in [3.05, 3.63) is 20.8 Å². The summed E-state index contributed by atoms with van der Waals surface area (Å²) in [5.41, 5.74) is 7.06. The monoisotopic (exact) mass is 330 g/mol. The summed E-state index contributed by atoms with van der Waals surface area (Å²) >= 11 is 5.10. The van der Waals surface area contributed by atoms with Crippen LogP contribution in [0.3, 0.4) is 0 Å². The first-order chi connectivity index (χ1) is 8.56. The average Bonchev–Trinajstić information content (AvgIpc) is 2.75. The van der Waals surface area contributed by atoms with Gasteiger partial charge < -0.3 is 10.6 Å². The molecule has 2 N–H and O–H groups in total. The summed E-state index contributed by atoms with van der Waals surface area (Å²) in [7, 11) is 1.89. The number of carbonyl (C=O) groups excluding carboxylic acids is 1. The summed E-state index contributed by atoms with van der Waals surface area (Å²) in [6, 6.07) is 2.37. The second-order valence-electron chi connectivity index (χ2n) is 5.07. The summed E-state index contributed by atoms with van der Waals surface area (Å²) in [5, 5.41) is 2.09. The quantitative estimate of drug-likeness (QED) is 0.925. The van der Waals surface area contributed by atoms with Crippen LogP contribution < -0.4 is 5.73 Å². The molecule has 100 valence electrons. The van der Waals surface area contributed by atoms with Gasteiger partial charge in [0.15, 0.2) is 0 Å². The van der Waals surface area contributed by atoms with E-state index in [0.29, 0.717) is 12.6 Å². The number of nitrogens with zero attached hydrogens (tertiary/aromatic N) is 1. The van der Waals surface area contributed by atoms with Crippen LogP contribution in [0.1, 0.15) is 31.2 Å². The van der Waals surface area contributed by atoms with Gasteiger partial charge >= 0.3 is 0 Å². The predicted octanol–water partition coefficient (Wildman–Crippen LogP) is 2.99. The van der Waals surface area contributed by atoms with Crippen molar-refractivity contribution in [2.75, 3.05) is 7.05 Å². The number of hydrogen-bond acceptors (Lipinski definition) is 3. The average molecular weight is 331 g/mol. The van der Waals surface area contributed by atoms with Crippen molar-refractivity contribution in [2.24, 2.45) is 11.7 Å². The van der Waals surface area contributed by atoms with Crippen LogP contribution >= 0.6 is 27.3 Å². The highest BCUT2D eigenvalue weighted by molar-refractivity contribution is 9.11. The molecule has 1 aliphatic rings. The topological polar surface area (TPSA) is 46.3 Å². The summed E-state index contributed by atoms with van der Waals surface area (Å²) in [4.78, 5) is 14.1. The van der Waals surface area contributed by atoms with E-state index in [0.717, 1.165) is 29.5 Å². The maximum atomic E-state index is 12.3. The van der Waals surface area contributed by atoms with Gasteiger partial charge in [0.25, 0.3) is 0 Å². The van der Waals surface area contributed by atoms with Crippen LogP contribution in [0.2, 0.25) is 0 Å². The Morgan fingerprint density at radius 1 is 1.50 bits per heavy atom. The molecular weight excluding hydrogens is 312 g/mol. The second-order valence-corrected chi connectivity index (χ2v) is 7.36. The van der Waals surface area contributed by atoms with Gasteiger partial charge in [0.05, 0.1) is 3.79 Å². The molecule has 0 aromatic carbocycles. The number of nitrogens with two attached hydrogens (primary N) is 1. The first kappa shape index (κ1) is 14.0. The highest BCUT2D eigenvalue weighted by atomic mass is 79.9. The fourth-order valence-electron chi connectivity index (χ4n) is 2.46. The van der Waals surface area contributed by atoms with E-state index >= 15 is 0 Å². The number of carbonyl (C=O) groups is 1. The van der Waals surface area contributed by atoms with Crippen molar-refractivity contribution in [3.8, 4) is 0 Å². The Balaban J connectivity index is 1.88. The highest BCUT2D eigenvalue weighted by Crippen LogP contribution is 2.26. The molecule has 0 spiro atoms. The molecule has 1 heterocycles. The number of hydrogen-bond donors (Lipinski definition) is 1. The highest BCUT2D eigenvalue weighted by Gasteiger charge is 2.26. The Kier molecular flexibility index (Phi) is 4.81. The van der Waals surface area contributed by atoms with Gasteiger partial charge in [-0.1, -0.05) is 0 Å². The number of amides is 1. The van der Waals surface area contributed by atoms with Crippen LogP contribution in [0.5, 0.6) is 0 Å². The molecule has 1 aromatic rings. The van der Waals surface area contributed by atoms with E-state index in [9.17, 15) is 4.79 Å². The SMILES string of the molecule is CN(Cc1csc(Br)c1)C(=O)C1CCC(N)CC1. The second kappa shape index (κ2) is 6.17. The summed E-state index contributed by atoms with van der Waals surface area (Å²) < 4.78 is 1.11. The van der Waals surface area contributed by atoms with Crippen LogP contribution in [-0.4, -0.2) is 23.9 Å². The fraction of sp³-hybridized carbons (Fsp3) is 0.615. The van der Waals surface area contributed by atoms with Crippen molar-refractivity contribution < 1.29 is 4.79 Å². The summed E-state index contributed by atoms with van der Waals surface area (Å²) in [5.74, 6) is 0.445. The largest absolute Gasteiger partial charge is 0.341 e. The molecule has 5 heteroatoms. The van der Waals surface area contributed by atoms with E-state index in [1.165, 1.54) is 5.56 Å². The number of thiophene rings is 1. The van der Waals surface area contributed by atoms with Gasteiger partial charge in [-0.15, -0.1) is 11.3 Å². The van der Waals surface area contributed by atoms with Crippen LogP contribution in [0.4, 0.5) is 0 Å². The zero-order valence-corrected chi connectivity index (χ0v) is 13.0. The molecule has 1 fully saturated rings. The van der Waals surface area contributed by atoms with E-state index in [4.69, 9.17) is 5.73 Å². The number of rotatable bonds is 3. The maximum Gasteiger partial charge on any atom is 0.225 e. The smallest absolute Gasteiger partial charge is 0.225 e. The molecule has 0 unspecified atom stereocenters. The molecule has 0 atom stereocenters. The van der Waals surface area contributed by atoms with Crippen LogP contribution in [0, 0.1) is 5.92 Å². The Labute approximate surface area is 120 Å². The van der Waals surface area contributed by atoms with Crippen LogP contribution in [0.25, 0.3) is 0 Å².